The molecule has 2 heterocycles. The minimum Gasteiger partial charge on any atom is -0.371 e. The molecule has 1 aromatic carbocycles. The number of thiophene rings is 1. The van der Waals surface area contributed by atoms with Crippen molar-refractivity contribution < 1.29 is 9.59 Å². The molecule has 144 valence electrons. The van der Waals surface area contributed by atoms with E-state index in [1.807, 2.05) is 29.2 Å². The highest BCUT2D eigenvalue weighted by atomic mass is 32.1. The molecule has 4 nitrogen and oxygen atoms in total. The fourth-order valence-electron chi connectivity index (χ4n) is 3.58. The van der Waals surface area contributed by atoms with E-state index in [9.17, 15) is 9.59 Å². The molecule has 27 heavy (non-hydrogen) atoms. The molecule has 0 atom stereocenters. The SMILES string of the molecule is CC(C)(C)N(Cc1ccsc1)C(=O)C1CCN(c2ccc(C=O)cc2)CC1. The van der Waals surface area contributed by atoms with Gasteiger partial charge < -0.3 is 9.80 Å². The topological polar surface area (TPSA) is 40.6 Å². The Bertz CT molecular complexity index is 755. The van der Waals surface area contributed by atoms with E-state index in [2.05, 4.69) is 42.5 Å². The highest BCUT2D eigenvalue weighted by Gasteiger charge is 2.33. The standard InChI is InChI=1S/C22H28N2O2S/c1-22(2,3)24(14-18-10-13-27-16-18)21(26)19-8-11-23(12-9-19)20-6-4-17(15-25)5-7-20/h4-7,10,13,15-16,19H,8-9,11-12,14H2,1-3H3. The highest BCUT2D eigenvalue weighted by Crippen LogP contribution is 2.28. The third-order valence-corrected chi connectivity index (χ3v) is 5.97. The number of nitrogens with zero attached hydrogens (tertiary/aromatic N) is 2. The fourth-order valence-corrected chi connectivity index (χ4v) is 4.24. The van der Waals surface area contributed by atoms with Crippen LogP contribution in [-0.2, 0) is 11.3 Å². The second-order valence-corrected chi connectivity index (χ2v) is 8.98. The summed E-state index contributed by atoms with van der Waals surface area (Å²) in [4.78, 5) is 28.4. The molecule has 0 bridgehead atoms. The molecule has 3 rings (SSSR count). The number of amides is 1. The van der Waals surface area contributed by atoms with Gasteiger partial charge in [0.1, 0.15) is 6.29 Å². The van der Waals surface area contributed by atoms with Crippen LogP contribution in [0.5, 0.6) is 0 Å². The number of carbonyl (C=O) groups excluding carboxylic acids is 2. The first-order chi connectivity index (χ1) is 12.9. The van der Waals surface area contributed by atoms with Crippen molar-refractivity contribution in [3.05, 3.63) is 52.2 Å². The second-order valence-electron chi connectivity index (χ2n) is 8.20. The lowest BCUT2D eigenvalue weighted by Gasteiger charge is -2.40. The molecule has 1 aromatic heterocycles. The van der Waals surface area contributed by atoms with E-state index in [0.717, 1.165) is 37.9 Å². The first-order valence-electron chi connectivity index (χ1n) is 9.51. The summed E-state index contributed by atoms with van der Waals surface area (Å²) in [5.74, 6) is 0.345. The maximum Gasteiger partial charge on any atom is 0.226 e. The largest absolute Gasteiger partial charge is 0.371 e. The number of piperidine rings is 1. The Kier molecular flexibility index (Phi) is 6.00. The summed E-state index contributed by atoms with van der Waals surface area (Å²) >= 11 is 1.67. The van der Waals surface area contributed by atoms with Crippen LogP contribution in [0.2, 0.25) is 0 Å². The Labute approximate surface area is 165 Å². The van der Waals surface area contributed by atoms with E-state index >= 15 is 0 Å². The molecule has 1 fully saturated rings. The van der Waals surface area contributed by atoms with Crippen LogP contribution in [0.25, 0.3) is 0 Å². The van der Waals surface area contributed by atoms with Crippen LogP contribution in [0.15, 0.2) is 41.1 Å². The third-order valence-electron chi connectivity index (χ3n) is 5.24. The van der Waals surface area contributed by atoms with Crippen LogP contribution >= 0.6 is 11.3 Å². The van der Waals surface area contributed by atoms with Crippen molar-refractivity contribution in [2.75, 3.05) is 18.0 Å². The lowest BCUT2D eigenvalue weighted by atomic mass is 9.92. The van der Waals surface area contributed by atoms with Gasteiger partial charge in [-0.2, -0.15) is 11.3 Å². The van der Waals surface area contributed by atoms with Gasteiger partial charge in [0.25, 0.3) is 0 Å². The summed E-state index contributed by atoms with van der Waals surface area (Å²) in [7, 11) is 0. The summed E-state index contributed by atoms with van der Waals surface area (Å²) in [5, 5.41) is 4.19. The molecule has 1 aliphatic heterocycles. The van der Waals surface area contributed by atoms with Crippen molar-refractivity contribution >= 4 is 29.2 Å². The molecule has 0 radical (unpaired) electrons. The second kappa shape index (κ2) is 8.26. The van der Waals surface area contributed by atoms with Gasteiger partial charge in [-0.15, -0.1) is 0 Å². The van der Waals surface area contributed by atoms with Gasteiger partial charge in [0.2, 0.25) is 5.91 Å². The van der Waals surface area contributed by atoms with Gasteiger partial charge in [0.15, 0.2) is 0 Å². The number of anilines is 1. The average molecular weight is 385 g/mol. The van der Waals surface area contributed by atoms with Crippen molar-refractivity contribution in [1.82, 2.24) is 4.90 Å². The van der Waals surface area contributed by atoms with E-state index in [-0.39, 0.29) is 17.4 Å². The van der Waals surface area contributed by atoms with Gasteiger partial charge in [0.05, 0.1) is 0 Å². The molecule has 1 amide bonds. The van der Waals surface area contributed by atoms with Crippen LogP contribution in [0.3, 0.4) is 0 Å². The van der Waals surface area contributed by atoms with Gasteiger partial charge in [-0.25, -0.2) is 0 Å². The predicted molar refractivity (Wildman–Crippen MR) is 111 cm³/mol. The van der Waals surface area contributed by atoms with Crippen LogP contribution in [0.1, 0.15) is 49.5 Å². The third kappa shape index (κ3) is 4.78. The molecule has 2 aromatic rings. The van der Waals surface area contributed by atoms with Gasteiger partial charge >= 0.3 is 0 Å². The Hall–Kier alpha value is -2.14. The number of hydrogen-bond donors (Lipinski definition) is 0. The van der Waals surface area contributed by atoms with Crippen molar-refractivity contribution in [2.45, 2.75) is 45.7 Å². The van der Waals surface area contributed by atoms with E-state index in [1.165, 1.54) is 5.56 Å². The predicted octanol–water partition coefficient (Wildman–Crippen LogP) is 4.60. The zero-order valence-electron chi connectivity index (χ0n) is 16.4. The molecular formula is C22H28N2O2S. The maximum absolute atomic E-state index is 13.3. The Morgan fingerprint density at radius 3 is 2.37 bits per heavy atom. The normalized spacial score (nSPS) is 15.6. The Morgan fingerprint density at radius 1 is 1.19 bits per heavy atom. The van der Waals surface area contributed by atoms with Crippen LogP contribution in [0.4, 0.5) is 5.69 Å². The molecule has 0 unspecified atom stereocenters. The molecule has 0 N–H and O–H groups in total. The summed E-state index contributed by atoms with van der Waals surface area (Å²) in [6.07, 6.45) is 2.60. The van der Waals surface area contributed by atoms with Crippen molar-refractivity contribution in [3.8, 4) is 0 Å². The minimum atomic E-state index is -0.194. The lowest BCUT2D eigenvalue weighted by Crippen LogP contribution is -2.49. The number of aldehydes is 1. The quantitative estimate of drug-likeness (QED) is 0.707. The summed E-state index contributed by atoms with van der Waals surface area (Å²) in [5.41, 5.74) is 2.83. The van der Waals surface area contributed by atoms with Crippen molar-refractivity contribution in [2.24, 2.45) is 5.92 Å². The van der Waals surface area contributed by atoms with E-state index in [1.54, 1.807) is 11.3 Å². The van der Waals surface area contributed by atoms with Gasteiger partial charge in [-0.3, -0.25) is 9.59 Å². The van der Waals surface area contributed by atoms with Crippen molar-refractivity contribution in [1.29, 1.82) is 0 Å². The van der Waals surface area contributed by atoms with Gasteiger partial charge in [0, 0.05) is 42.3 Å². The van der Waals surface area contributed by atoms with Crippen LogP contribution in [-0.4, -0.2) is 35.7 Å². The first-order valence-corrected chi connectivity index (χ1v) is 10.5. The molecule has 5 heteroatoms. The van der Waals surface area contributed by atoms with E-state index in [0.29, 0.717) is 12.1 Å². The average Bonchev–Trinajstić information content (AvgIpc) is 3.18. The van der Waals surface area contributed by atoms with Crippen LogP contribution < -0.4 is 4.90 Å². The zero-order valence-corrected chi connectivity index (χ0v) is 17.2. The number of hydrogen-bond acceptors (Lipinski definition) is 4. The minimum absolute atomic E-state index is 0.0772. The maximum atomic E-state index is 13.3. The molecule has 1 saturated heterocycles. The molecule has 1 aliphatic rings. The zero-order chi connectivity index (χ0) is 19.4. The number of benzene rings is 1. The van der Waals surface area contributed by atoms with E-state index in [4.69, 9.17) is 0 Å². The molecule has 0 spiro atoms. The Balaban J connectivity index is 1.64. The van der Waals surface area contributed by atoms with Gasteiger partial charge in [-0.05, 0) is 80.3 Å². The van der Waals surface area contributed by atoms with E-state index < -0.39 is 0 Å². The van der Waals surface area contributed by atoms with Gasteiger partial charge in [-0.1, -0.05) is 0 Å². The summed E-state index contributed by atoms with van der Waals surface area (Å²) in [6.45, 7) is 8.75. The number of carbonyl (C=O) groups is 2. The molecule has 0 aliphatic carbocycles. The Morgan fingerprint density at radius 2 is 1.85 bits per heavy atom. The highest BCUT2D eigenvalue weighted by molar-refractivity contribution is 7.07. The summed E-state index contributed by atoms with van der Waals surface area (Å²) in [6, 6.07) is 9.78. The molecular weight excluding hydrogens is 356 g/mol. The number of rotatable bonds is 5. The monoisotopic (exact) mass is 384 g/mol. The van der Waals surface area contributed by atoms with Crippen molar-refractivity contribution in [3.63, 3.8) is 0 Å². The molecule has 0 saturated carbocycles. The van der Waals surface area contributed by atoms with Crippen LogP contribution in [0, 0.1) is 5.92 Å². The smallest absolute Gasteiger partial charge is 0.226 e. The fraction of sp³-hybridized carbons (Fsp3) is 0.455. The lowest BCUT2D eigenvalue weighted by molar-refractivity contribution is -0.142. The first kappa shape index (κ1) is 19.6. The summed E-state index contributed by atoms with van der Waals surface area (Å²) < 4.78 is 0.